The maximum atomic E-state index is 7.42. The second-order valence-electron chi connectivity index (χ2n) is 30.7. The minimum atomic E-state index is -0.290. The Bertz CT molecular complexity index is 5660. The highest BCUT2D eigenvalue weighted by molar-refractivity contribution is 6.13. The van der Waals surface area contributed by atoms with Crippen LogP contribution in [0.15, 0.2) is 297 Å². The Balaban J connectivity index is 0.813. The lowest BCUT2D eigenvalue weighted by Gasteiger charge is -2.36. The number of fused-ring (bicyclic) bond motifs is 18. The van der Waals surface area contributed by atoms with Gasteiger partial charge in [-0.2, -0.15) is 0 Å². The van der Waals surface area contributed by atoms with Crippen LogP contribution in [-0.2, 0) is 21.7 Å². The van der Waals surface area contributed by atoms with E-state index in [9.17, 15) is 0 Å². The van der Waals surface area contributed by atoms with Gasteiger partial charge < -0.3 is 9.64 Å². The van der Waals surface area contributed by atoms with Crippen molar-refractivity contribution < 1.29 is 4.74 Å². The summed E-state index contributed by atoms with van der Waals surface area (Å²) in [6.07, 6.45) is 0. The van der Waals surface area contributed by atoms with Gasteiger partial charge in [0.25, 0.3) is 0 Å². The molecule has 1 heterocycles. The third kappa shape index (κ3) is 8.25. The van der Waals surface area contributed by atoms with E-state index in [4.69, 9.17) is 4.74 Å². The number of para-hydroxylation sites is 1. The fourth-order valence-corrected chi connectivity index (χ4v) is 18.6. The van der Waals surface area contributed by atoms with Crippen molar-refractivity contribution in [1.29, 1.82) is 0 Å². The van der Waals surface area contributed by atoms with E-state index in [2.05, 4.69) is 358 Å². The van der Waals surface area contributed by atoms with Crippen LogP contribution in [0.5, 0.6) is 11.5 Å². The SMILES string of the molecule is CC1(C)c2ccccc2-c2cc3c(cc21)-c1c(cc(-c2ccc4c(c2)N(c2c(-c5ccc(-c6ccccc6)cc5)cccc2-c2ccc(-c5ccccc5)cc2)c2cc(-c5cc6c(c7ccccc57)-c5cc7c(cc5C6(C)C)-c5ccccc5C7(C)C)ccc2O4)c2ccccc12)C3(C)C. The summed E-state index contributed by atoms with van der Waals surface area (Å²) in [6, 6.07) is 112. The van der Waals surface area contributed by atoms with Gasteiger partial charge >= 0.3 is 0 Å². The van der Waals surface area contributed by atoms with Crippen molar-refractivity contribution in [2.24, 2.45) is 0 Å². The quantitative estimate of drug-likeness (QED) is 0.158. The Kier molecular flexibility index (Phi) is 12.3. The maximum absolute atomic E-state index is 7.42. The lowest BCUT2D eigenvalue weighted by Crippen LogP contribution is -2.18. The minimum absolute atomic E-state index is 0.124. The molecule has 0 aromatic heterocycles. The smallest absolute Gasteiger partial charge is 0.151 e. The number of hydrogen-bond donors (Lipinski definition) is 0. The Morgan fingerprint density at radius 2 is 0.520 bits per heavy atom. The Hall–Kier alpha value is -11.6. The predicted molar refractivity (Wildman–Crippen MR) is 419 cm³/mol. The normalized spacial score (nSPS) is 15.2. The van der Waals surface area contributed by atoms with Gasteiger partial charge in [0, 0.05) is 32.8 Å². The van der Waals surface area contributed by atoms with E-state index in [1.807, 2.05) is 0 Å². The van der Waals surface area contributed by atoms with E-state index in [1.165, 1.54) is 144 Å². The summed E-state index contributed by atoms with van der Waals surface area (Å²) in [4.78, 5) is 2.56. The highest BCUT2D eigenvalue weighted by Gasteiger charge is 2.45. The molecule has 100 heavy (non-hydrogen) atoms. The Morgan fingerprint density at radius 1 is 0.210 bits per heavy atom. The minimum Gasteiger partial charge on any atom is -0.453 e. The molecule has 5 aliphatic rings. The molecule has 0 radical (unpaired) electrons. The number of benzene rings is 15. The van der Waals surface area contributed by atoms with Crippen LogP contribution < -0.4 is 9.64 Å². The van der Waals surface area contributed by atoms with Gasteiger partial charge in [-0.15, -0.1) is 0 Å². The van der Waals surface area contributed by atoms with Gasteiger partial charge in [-0.3, -0.25) is 0 Å². The van der Waals surface area contributed by atoms with Gasteiger partial charge in [-0.1, -0.05) is 292 Å². The van der Waals surface area contributed by atoms with Crippen LogP contribution in [0.1, 0.15) is 99.9 Å². The first-order chi connectivity index (χ1) is 48.6. The summed E-state index contributed by atoms with van der Waals surface area (Å²) >= 11 is 0. The monoisotopic (exact) mass is 1280 g/mol. The molecule has 2 heteroatoms. The molecule has 15 aromatic rings. The van der Waals surface area contributed by atoms with Gasteiger partial charge in [0.05, 0.1) is 17.1 Å². The zero-order chi connectivity index (χ0) is 67.3. The van der Waals surface area contributed by atoms with Crippen LogP contribution in [0.4, 0.5) is 17.1 Å². The summed E-state index contributed by atoms with van der Waals surface area (Å²) in [5, 5.41) is 4.99. The second kappa shape index (κ2) is 21.0. The second-order valence-corrected chi connectivity index (χ2v) is 30.7. The van der Waals surface area contributed by atoms with Crippen molar-refractivity contribution in [2.75, 3.05) is 4.90 Å². The van der Waals surface area contributed by atoms with Crippen molar-refractivity contribution in [3.63, 3.8) is 0 Å². The molecule has 15 aromatic carbocycles. The molecule has 0 saturated heterocycles. The molecule has 20 rings (SSSR count). The standard InChI is InChI=1S/C98H73NO/c1-95(2)80-36-21-19-30-70(80)76-54-84-78(56-82(76)95)92-72-32-17-15-28-68(72)74(52-86(92)97(84,5)6)64-46-48-90-88(50-64)99(94-66(62-42-38-60(39-43-62)58-24-11-9-12-25-58)34-23-35-67(94)63-44-40-61(41-45-63)59-26-13-10-14-27-59)89-51-65(47-49-91(89)100-90)75-53-87-93(73-33-18-16-29-69(73)75)79-57-83-77(55-85(79)98(87,7)8)71-31-20-22-37-81(71)96(83,3)4/h9-57H,1-8H3. The molecule has 2 nitrogen and oxygen atoms in total. The lowest BCUT2D eigenvalue weighted by atomic mass is 9.79. The zero-order valence-electron chi connectivity index (χ0n) is 57.6. The number of anilines is 3. The summed E-state index contributed by atoms with van der Waals surface area (Å²) in [5.74, 6) is 1.58. The summed E-state index contributed by atoms with van der Waals surface area (Å²) in [6.45, 7) is 19.4. The molecule has 4 aliphatic carbocycles. The topological polar surface area (TPSA) is 12.5 Å². The molecular formula is C98H73NO. The Labute approximate surface area is 586 Å². The average Bonchev–Trinajstić information content (AvgIpc) is 1.52. The summed E-state index contributed by atoms with van der Waals surface area (Å²) in [5.41, 5.74) is 37.9. The third-order valence-corrected chi connectivity index (χ3v) is 23.9. The van der Waals surface area contributed by atoms with Crippen molar-refractivity contribution >= 4 is 38.6 Å². The molecule has 0 atom stereocenters. The van der Waals surface area contributed by atoms with Gasteiger partial charge in [0.15, 0.2) is 11.5 Å². The van der Waals surface area contributed by atoms with Crippen molar-refractivity contribution in [1.82, 2.24) is 0 Å². The molecule has 0 bridgehead atoms. The number of ether oxygens (including phenoxy) is 1. The maximum Gasteiger partial charge on any atom is 0.151 e. The van der Waals surface area contributed by atoms with Gasteiger partial charge in [-0.05, 0) is 227 Å². The van der Waals surface area contributed by atoms with Gasteiger partial charge in [0.1, 0.15) is 0 Å². The molecule has 0 fully saturated rings. The fraction of sp³-hybridized carbons (Fsp3) is 0.122. The number of rotatable bonds is 7. The highest BCUT2D eigenvalue weighted by atomic mass is 16.5. The molecular weight excluding hydrogens is 1210 g/mol. The van der Waals surface area contributed by atoms with Crippen LogP contribution in [0, 0.1) is 0 Å². The number of hydrogen-bond acceptors (Lipinski definition) is 2. The molecule has 476 valence electrons. The van der Waals surface area contributed by atoms with E-state index in [0.717, 1.165) is 61.9 Å². The molecule has 0 spiro atoms. The lowest BCUT2D eigenvalue weighted by molar-refractivity contribution is 0.477. The third-order valence-electron chi connectivity index (χ3n) is 23.9. The molecule has 0 N–H and O–H groups in total. The highest BCUT2D eigenvalue weighted by Crippen LogP contribution is 2.63. The van der Waals surface area contributed by atoms with Crippen LogP contribution >= 0.6 is 0 Å². The molecule has 0 amide bonds. The van der Waals surface area contributed by atoms with E-state index < -0.39 is 0 Å². The van der Waals surface area contributed by atoms with E-state index >= 15 is 0 Å². The predicted octanol–water partition coefficient (Wildman–Crippen LogP) is 26.8. The first-order valence-electron chi connectivity index (χ1n) is 35.5. The first kappa shape index (κ1) is 58.6. The summed E-state index contributed by atoms with van der Waals surface area (Å²) < 4.78 is 7.42. The van der Waals surface area contributed by atoms with Crippen LogP contribution in [0.2, 0.25) is 0 Å². The average molecular weight is 1280 g/mol. The molecule has 0 saturated carbocycles. The van der Waals surface area contributed by atoms with Crippen LogP contribution in [0.25, 0.3) is 133 Å². The van der Waals surface area contributed by atoms with Gasteiger partial charge in [0.2, 0.25) is 0 Å². The van der Waals surface area contributed by atoms with Gasteiger partial charge in [-0.25, -0.2) is 0 Å². The zero-order valence-corrected chi connectivity index (χ0v) is 57.6. The first-order valence-corrected chi connectivity index (χ1v) is 35.5. The van der Waals surface area contributed by atoms with Crippen molar-refractivity contribution in [3.05, 3.63) is 342 Å². The Morgan fingerprint density at radius 3 is 0.950 bits per heavy atom. The summed E-state index contributed by atoms with van der Waals surface area (Å²) in [7, 11) is 0. The fourth-order valence-electron chi connectivity index (χ4n) is 18.6. The van der Waals surface area contributed by atoms with E-state index in [-0.39, 0.29) is 21.7 Å². The van der Waals surface area contributed by atoms with E-state index in [0.29, 0.717) is 0 Å². The van der Waals surface area contributed by atoms with E-state index in [1.54, 1.807) is 0 Å². The van der Waals surface area contributed by atoms with Crippen LogP contribution in [-0.4, -0.2) is 0 Å². The van der Waals surface area contributed by atoms with Crippen molar-refractivity contribution in [2.45, 2.75) is 77.0 Å². The molecule has 0 unspecified atom stereocenters. The van der Waals surface area contributed by atoms with Crippen LogP contribution in [0.3, 0.4) is 0 Å². The number of nitrogens with zero attached hydrogens (tertiary/aromatic N) is 1. The molecule has 1 aliphatic heterocycles. The largest absolute Gasteiger partial charge is 0.453 e. The van der Waals surface area contributed by atoms with Crippen molar-refractivity contribution in [3.8, 4) is 123 Å².